The van der Waals surface area contributed by atoms with Gasteiger partial charge in [-0.05, 0) is 67.8 Å². The van der Waals surface area contributed by atoms with E-state index >= 15 is 0 Å². The van der Waals surface area contributed by atoms with Gasteiger partial charge in [0.1, 0.15) is 11.3 Å². The van der Waals surface area contributed by atoms with Crippen LogP contribution in [-0.4, -0.2) is 4.98 Å². The highest BCUT2D eigenvalue weighted by Crippen LogP contribution is 2.30. The van der Waals surface area contributed by atoms with Crippen LogP contribution in [-0.2, 0) is 0 Å². The van der Waals surface area contributed by atoms with Gasteiger partial charge in [-0.25, -0.2) is 0 Å². The summed E-state index contributed by atoms with van der Waals surface area (Å²) in [6.45, 7) is 6.23. The molecule has 4 rings (SSSR count). The molecule has 0 radical (unpaired) electrons. The molecule has 114 valence electrons. The number of H-pyrrole nitrogens is 1. The molecular formula is C21H19NO. The standard InChI is InChI=1S/C21H19NO/c1-13-4-6-16(7-5-13)19-9-10-20(22-19)17-8-11-21-18(12-17)14(2)15(3)23-21/h4-12,22H,1-3H3. The topological polar surface area (TPSA) is 28.9 Å². The molecule has 0 aliphatic rings. The average Bonchev–Trinajstić information content (AvgIpc) is 3.14. The SMILES string of the molecule is Cc1ccc(-c2ccc(-c3ccc4oc(C)c(C)c4c3)[nH]2)cc1. The van der Waals surface area contributed by atoms with E-state index in [2.05, 4.69) is 73.4 Å². The monoisotopic (exact) mass is 301 g/mol. The Morgan fingerprint density at radius 2 is 1.39 bits per heavy atom. The molecule has 2 aromatic carbocycles. The Morgan fingerprint density at radius 1 is 0.739 bits per heavy atom. The molecule has 4 aromatic rings. The fraction of sp³-hybridized carbons (Fsp3) is 0.143. The lowest BCUT2D eigenvalue weighted by molar-refractivity contribution is 0.575. The zero-order valence-electron chi connectivity index (χ0n) is 13.6. The third kappa shape index (κ3) is 2.36. The quantitative estimate of drug-likeness (QED) is 0.482. The summed E-state index contributed by atoms with van der Waals surface area (Å²) in [5.74, 6) is 0.990. The van der Waals surface area contributed by atoms with E-state index in [1.54, 1.807) is 0 Å². The van der Waals surface area contributed by atoms with Crippen molar-refractivity contribution in [2.45, 2.75) is 20.8 Å². The fourth-order valence-electron chi connectivity index (χ4n) is 2.98. The van der Waals surface area contributed by atoms with Crippen molar-refractivity contribution >= 4 is 11.0 Å². The summed E-state index contributed by atoms with van der Waals surface area (Å²) in [4.78, 5) is 3.53. The van der Waals surface area contributed by atoms with Crippen molar-refractivity contribution in [1.82, 2.24) is 4.98 Å². The van der Waals surface area contributed by atoms with E-state index in [1.165, 1.54) is 27.6 Å². The van der Waals surface area contributed by atoms with Crippen LogP contribution < -0.4 is 0 Å². The van der Waals surface area contributed by atoms with Crippen molar-refractivity contribution in [3.05, 3.63) is 71.5 Å². The van der Waals surface area contributed by atoms with E-state index in [-0.39, 0.29) is 0 Å². The lowest BCUT2D eigenvalue weighted by Crippen LogP contribution is -1.81. The van der Waals surface area contributed by atoms with Gasteiger partial charge >= 0.3 is 0 Å². The Bertz CT molecular complexity index is 987. The highest BCUT2D eigenvalue weighted by atomic mass is 16.3. The first kappa shape index (κ1) is 13.9. The molecule has 2 nitrogen and oxygen atoms in total. The van der Waals surface area contributed by atoms with Crippen molar-refractivity contribution in [2.75, 3.05) is 0 Å². The largest absolute Gasteiger partial charge is 0.461 e. The van der Waals surface area contributed by atoms with E-state index in [4.69, 9.17) is 4.42 Å². The number of aromatic nitrogens is 1. The predicted octanol–water partition coefficient (Wildman–Crippen LogP) is 6.02. The second-order valence-electron chi connectivity index (χ2n) is 6.15. The van der Waals surface area contributed by atoms with Crippen molar-refractivity contribution in [2.24, 2.45) is 0 Å². The van der Waals surface area contributed by atoms with Gasteiger partial charge in [0.25, 0.3) is 0 Å². The highest BCUT2D eigenvalue weighted by Gasteiger charge is 2.09. The van der Waals surface area contributed by atoms with Crippen LogP contribution in [0.15, 0.2) is 59.0 Å². The fourth-order valence-corrected chi connectivity index (χ4v) is 2.98. The number of aryl methyl sites for hydroxylation is 3. The maximum absolute atomic E-state index is 5.77. The van der Waals surface area contributed by atoms with Gasteiger partial charge in [0.2, 0.25) is 0 Å². The first-order valence-electron chi connectivity index (χ1n) is 7.88. The molecule has 2 heterocycles. The second-order valence-corrected chi connectivity index (χ2v) is 6.15. The van der Waals surface area contributed by atoms with E-state index < -0.39 is 0 Å². The zero-order chi connectivity index (χ0) is 16.0. The van der Waals surface area contributed by atoms with Crippen molar-refractivity contribution in [3.63, 3.8) is 0 Å². The van der Waals surface area contributed by atoms with E-state index in [1.807, 2.05) is 6.92 Å². The van der Waals surface area contributed by atoms with Crippen LogP contribution in [0.5, 0.6) is 0 Å². The molecule has 0 spiro atoms. The molecule has 0 bridgehead atoms. The average molecular weight is 301 g/mol. The van der Waals surface area contributed by atoms with Gasteiger partial charge in [0.15, 0.2) is 0 Å². The smallest absolute Gasteiger partial charge is 0.134 e. The molecule has 0 saturated heterocycles. The normalized spacial score (nSPS) is 11.3. The van der Waals surface area contributed by atoms with Gasteiger partial charge in [-0.1, -0.05) is 29.8 Å². The summed E-state index contributed by atoms with van der Waals surface area (Å²) in [6.07, 6.45) is 0. The summed E-state index contributed by atoms with van der Waals surface area (Å²) in [5, 5.41) is 1.19. The Kier molecular flexibility index (Phi) is 3.12. The Hall–Kier alpha value is -2.74. The minimum absolute atomic E-state index is 0.953. The molecule has 2 aromatic heterocycles. The van der Waals surface area contributed by atoms with Crippen LogP contribution in [0.1, 0.15) is 16.9 Å². The van der Waals surface area contributed by atoms with E-state index in [0.29, 0.717) is 0 Å². The van der Waals surface area contributed by atoms with Gasteiger partial charge in [0.05, 0.1) is 0 Å². The molecule has 0 aliphatic heterocycles. The summed E-state index contributed by atoms with van der Waals surface area (Å²) < 4.78 is 5.77. The molecule has 0 unspecified atom stereocenters. The van der Waals surface area contributed by atoms with Gasteiger partial charge < -0.3 is 9.40 Å². The number of hydrogen-bond donors (Lipinski definition) is 1. The van der Waals surface area contributed by atoms with Crippen LogP contribution in [0.3, 0.4) is 0 Å². The van der Waals surface area contributed by atoms with Crippen LogP contribution in [0.4, 0.5) is 0 Å². The van der Waals surface area contributed by atoms with Gasteiger partial charge in [-0.15, -0.1) is 0 Å². The summed E-state index contributed by atoms with van der Waals surface area (Å²) in [7, 11) is 0. The van der Waals surface area contributed by atoms with E-state index in [9.17, 15) is 0 Å². The first-order chi connectivity index (χ1) is 11.1. The number of benzene rings is 2. The maximum Gasteiger partial charge on any atom is 0.134 e. The maximum atomic E-state index is 5.77. The molecular weight excluding hydrogens is 282 g/mol. The molecule has 0 aliphatic carbocycles. The van der Waals surface area contributed by atoms with Gasteiger partial charge in [0, 0.05) is 16.8 Å². The minimum Gasteiger partial charge on any atom is -0.461 e. The van der Waals surface area contributed by atoms with Crippen molar-refractivity contribution in [1.29, 1.82) is 0 Å². The first-order valence-corrected chi connectivity index (χ1v) is 7.88. The predicted molar refractivity (Wildman–Crippen MR) is 95.6 cm³/mol. The van der Waals surface area contributed by atoms with Crippen LogP contribution >= 0.6 is 0 Å². The lowest BCUT2D eigenvalue weighted by atomic mass is 10.1. The summed E-state index contributed by atoms with van der Waals surface area (Å²) >= 11 is 0. The van der Waals surface area contributed by atoms with Crippen LogP contribution in [0, 0.1) is 20.8 Å². The molecule has 2 heteroatoms. The third-order valence-corrected chi connectivity index (χ3v) is 4.53. The number of aromatic amines is 1. The van der Waals surface area contributed by atoms with E-state index in [0.717, 1.165) is 22.7 Å². The van der Waals surface area contributed by atoms with Gasteiger partial charge in [-0.2, -0.15) is 0 Å². The zero-order valence-corrected chi connectivity index (χ0v) is 13.6. The molecule has 0 fully saturated rings. The lowest BCUT2D eigenvalue weighted by Gasteiger charge is -2.01. The number of hydrogen-bond acceptors (Lipinski definition) is 1. The molecule has 0 amide bonds. The Morgan fingerprint density at radius 3 is 2.13 bits per heavy atom. The number of furan rings is 1. The summed E-state index contributed by atoms with van der Waals surface area (Å²) in [5.41, 5.74) is 8.09. The van der Waals surface area contributed by atoms with Crippen LogP contribution in [0.2, 0.25) is 0 Å². The highest BCUT2D eigenvalue weighted by molar-refractivity contribution is 5.87. The van der Waals surface area contributed by atoms with Crippen molar-refractivity contribution < 1.29 is 4.42 Å². The molecule has 0 saturated carbocycles. The van der Waals surface area contributed by atoms with Crippen LogP contribution in [0.25, 0.3) is 33.5 Å². The van der Waals surface area contributed by atoms with Crippen molar-refractivity contribution in [3.8, 4) is 22.5 Å². The Balaban J connectivity index is 1.76. The number of nitrogens with one attached hydrogen (secondary N) is 1. The van der Waals surface area contributed by atoms with Gasteiger partial charge in [-0.3, -0.25) is 0 Å². The Labute approximate surface area is 135 Å². The number of rotatable bonds is 2. The molecule has 0 atom stereocenters. The third-order valence-electron chi connectivity index (χ3n) is 4.53. The summed E-state index contributed by atoms with van der Waals surface area (Å²) in [6, 6.07) is 19.2. The molecule has 1 N–H and O–H groups in total. The second kappa shape index (κ2) is 5.17. The molecule has 23 heavy (non-hydrogen) atoms. The number of fused-ring (bicyclic) bond motifs is 1. The minimum atomic E-state index is 0.953.